The van der Waals surface area contributed by atoms with E-state index in [-0.39, 0.29) is 16.5 Å². The molecule has 0 aliphatic rings. The van der Waals surface area contributed by atoms with Crippen LogP contribution in [0.3, 0.4) is 0 Å². The van der Waals surface area contributed by atoms with Crippen molar-refractivity contribution in [1.82, 2.24) is 0 Å². The van der Waals surface area contributed by atoms with Gasteiger partial charge in [0.25, 0.3) is 5.91 Å². The molecule has 0 radical (unpaired) electrons. The lowest BCUT2D eigenvalue weighted by Gasteiger charge is -2.11. The van der Waals surface area contributed by atoms with Crippen LogP contribution in [-0.4, -0.2) is 10.9 Å². The molecule has 3 nitrogen and oxygen atoms in total. The van der Waals surface area contributed by atoms with E-state index in [2.05, 4.69) is 21.2 Å². The fraction of sp³-hybridized carbons (Fsp3) is 0. The fourth-order valence-electron chi connectivity index (χ4n) is 1.69. The number of benzene rings is 2. The fourth-order valence-corrected chi connectivity index (χ4v) is 2.72. The van der Waals surface area contributed by atoms with Crippen LogP contribution in [0.5, 0.6) is 0 Å². The minimum atomic E-state index is -0.483. The minimum absolute atomic E-state index is 0.0000261. The van der Waals surface area contributed by atoms with Crippen LogP contribution in [0.4, 0.5) is 10.1 Å². The van der Waals surface area contributed by atoms with Gasteiger partial charge in [-0.1, -0.05) is 23.8 Å². The average Bonchev–Trinajstić information content (AvgIpc) is 2.40. The maximum atomic E-state index is 13.2. The van der Waals surface area contributed by atoms with Gasteiger partial charge in [-0.05, 0) is 52.3 Å². The van der Waals surface area contributed by atoms with Crippen LogP contribution in [0.1, 0.15) is 15.9 Å². The van der Waals surface area contributed by atoms with Crippen molar-refractivity contribution in [3.63, 3.8) is 0 Å². The van der Waals surface area contributed by atoms with E-state index in [0.29, 0.717) is 20.7 Å². The highest BCUT2D eigenvalue weighted by Crippen LogP contribution is 2.24. The van der Waals surface area contributed by atoms with Crippen molar-refractivity contribution in [2.45, 2.75) is 0 Å². The Bertz CT molecular complexity index is 739. The van der Waals surface area contributed by atoms with E-state index >= 15 is 0 Å². The number of nitrogens with one attached hydrogen (secondary N) is 1. The first-order valence-corrected chi connectivity index (χ1v) is 7.32. The zero-order valence-electron chi connectivity index (χ0n) is 10.5. The molecule has 2 aromatic carbocycles. The second kappa shape index (κ2) is 6.51. The van der Waals surface area contributed by atoms with E-state index in [4.69, 9.17) is 29.6 Å². The van der Waals surface area contributed by atoms with Crippen LogP contribution < -0.4 is 11.1 Å². The van der Waals surface area contributed by atoms with Gasteiger partial charge >= 0.3 is 0 Å². The largest absolute Gasteiger partial charge is 0.389 e. The van der Waals surface area contributed by atoms with Crippen molar-refractivity contribution in [2.75, 3.05) is 5.32 Å². The van der Waals surface area contributed by atoms with Crippen molar-refractivity contribution in [1.29, 1.82) is 0 Å². The van der Waals surface area contributed by atoms with Crippen LogP contribution in [0, 0.1) is 5.82 Å². The number of amides is 1. The Hall–Kier alpha value is -1.50. The van der Waals surface area contributed by atoms with Gasteiger partial charge in [-0.15, -0.1) is 0 Å². The standard InChI is InChI=1S/C14H9BrClFN2OS/c15-11-5-7(16)1-3-9(11)14(20)19-12-4-2-8(17)6-10(12)13(18)21/h1-6H,(H2,18,21)(H,19,20). The first-order valence-electron chi connectivity index (χ1n) is 5.74. The van der Waals surface area contributed by atoms with Gasteiger partial charge in [-0.25, -0.2) is 4.39 Å². The molecular weight excluding hydrogens is 379 g/mol. The summed E-state index contributed by atoms with van der Waals surface area (Å²) in [5, 5.41) is 3.15. The molecule has 21 heavy (non-hydrogen) atoms. The number of rotatable bonds is 3. The maximum absolute atomic E-state index is 13.2. The summed E-state index contributed by atoms with van der Waals surface area (Å²) in [6, 6.07) is 8.58. The molecule has 7 heteroatoms. The van der Waals surface area contributed by atoms with Gasteiger partial charge in [-0.2, -0.15) is 0 Å². The Kier molecular flexibility index (Phi) is 4.92. The second-order valence-corrected chi connectivity index (χ2v) is 5.86. The molecule has 0 unspecified atom stereocenters. The summed E-state index contributed by atoms with van der Waals surface area (Å²) < 4.78 is 13.8. The number of carbonyl (C=O) groups excluding carboxylic acids is 1. The normalized spacial score (nSPS) is 10.2. The topological polar surface area (TPSA) is 55.1 Å². The first kappa shape index (κ1) is 15.9. The van der Waals surface area contributed by atoms with Crippen LogP contribution in [0.2, 0.25) is 5.02 Å². The third-order valence-corrected chi connectivity index (χ3v) is 3.78. The molecule has 2 aromatic rings. The van der Waals surface area contributed by atoms with Crippen molar-refractivity contribution < 1.29 is 9.18 Å². The van der Waals surface area contributed by atoms with E-state index in [9.17, 15) is 9.18 Å². The molecule has 0 aromatic heterocycles. The van der Waals surface area contributed by atoms with Gasteiger partial charge in [0.05, 0.1) is 11.3 Å². The number of nitrogens with two attached hydrogens (primary N) is 1. The highest BCUT2D eigenvalue weighted by molar-refractivity contribution is 9.10. The SMILES string of the molecule is NC(=S)c1cc(F)ccc1NC(=O)c1ccc(Cl)cc1Br. The van der Waals surface area contributed by atoms with Crippen molar-refractivity contribution in [3.05, 3.63) is 62.8 Å². The van der Waals surface area contributed by atoms with Crippen LogP contribution in [-0.2, 0) is 0 Å². The summed E-state index contributed by atoms with van der Waals surface area (Å²) in [6.07, 6.45) is 0. The van der Waals surface area contributed by atoms with Gasteiger partial charge in [0.15, 0.2) is 0 Å². The lowest BCUT2D eigenvalue weighted by Crippen LogP contribution is -2.18. The highest BCUT2D eigenvalue weighted by Gasteiger charge is 2.14. The van der Waals surface area contributed by atoms with Gasteiger partial charge in [0.2, 0.25) is 0 Å². The Balaban J connectivity index is 2.34. The molecule has 0 aliphatic carbocycles. The quantitative estimate of drug-likeness (QED) is 0.779. The number of halogens is 3. The molecule has 0 bridgehead atoms. The van der Waals surface area contributed by atoms with E-state index in [1.54, 1.807) is 18.2 Å². The zero-order valence-corrected chi connectivity index (χ0v) is 13.7. The zero-order chi connectivity index (χ0) is 15.6. The summed E-state index contributed by atoms with van der Waals surface area (Å²) in [5.74, 6) is -0.869. The number of hydrogen-bond acceptors (Lipinski definition) is 2. The molecule has 108 valence electrons. The summed E-state index contributed by atoms with van der Waals surface area (Å²) in [6.45, 7) is 0. The molecule has 0 saturated carbocycles. The van der Waals surface area contributed by atoms with Gasteiger partial charge < -0.3 is 11.1 Å². The predicted molar refractivity (Wildman–Crippen MR) is 89.4 cm³/mol. The van der Waals surface area contributed by atoms with Crippen molar-refractivity contribution in [3.8, 4) is 0 Å². The molecule has 1 amide bonds. The Morgan fingerprint density at radius 2 is 1.95 bits per heavy atom. The number of anilines is 1. The average molecular weight is 388 g/mol. The van der Waals surface area contributed by atoms with Crippen LogP contribution in [0.25, 0.3) is 0 Å². The lowest BCUT2D eigenvalue weighted by atomic mass is 10.1. The maximum Gasteiger partial charge on any atom is 0.256 e. The molecule has 0 fully saturated rings. The molecule has 0 atom stereocenters. The third-order valence-electron chi connectivity index (χ3n) is 2.67. The van der Waals surface area contributed by atoms with E-state index in [1.807, 2.05) is 0 Å². The van der Waals surface area contributed by atoms with Crippen LogP contribution in [0.15, 0.2) is 40.9 Å². The van der Waals surface area contributed by atoms with Gasteiger partial charge in [0.1, 0.15) is 10.8 Å². The second-order valence-electron chi connectivity index (χ2n) is 4.13. The Labute approximate surface area is 139 Å². The Morgan fingerprint density at radius 3 is 2.57 bits per heavy atom. The number of carbonyl (C=O) groups is 1. The lowest BCUT2D eigenvalue weighted by molar-refractivity contribution is 0.102. The first-order chi connectivity index (χ1) is 9.88. The summed E-state index contributed by atoms with van der Waals surface area (Å²) in [5.41, 5.74) is 6.53. The van der Waals surface area contributed by atoms with E-state index in [0.717, 1.165) is 0 Å². The summed E-state index contributed by atoms with van der Waals surface area (Å²) in [7, 11) is 0. The van der Waals surface area contributed by atoms with E-state index < -0.39 is 5.82 Å². The molecule has 0 heterocycles. The molecule has 0 saturated heterocycles. The highest BCUT2D eigenvalue weighted by atomic mass is 79.9. The number of hydrogen-bond donors (Lipinski definition) is 2. The summed E-state index contributed by atoms with van der Waals surface area (Å²) in [4.78, 5) is 12.2. The molecular formula is C14H9BrClFN2OS. The Morgan fingerprint density at radius 1 is 1.24 bits per heavy atom. The van der Waals surface area contributed by atoms with Crippen molar-refractivity contribution in [2.24, 2.45) is 5.73 Å². The van der Waals surface area contributed by atoms with E-state index in [1.165, 1.54) is 18.2 Å². The predicted octanol–water partition coefficient (Wildman–Crippen LogP) is 4.13. The molecule has 0 spiro atoms. The molecule has 2 rings (SSSR count). The van der Waals surface area contributed by atoms with Gasteiger partial charge in [-0.3, -0.25) is 4.79 Å². The smallest absolute Gasteiger partial charge is 0.256 e. The number of thiocarbonyl (C=S) groups is 1. The van der Waals surface area contributed by atoms with Gasteiger partial charge in [0, 0.05) is 15.1 Å². The van der Waals surface area contributed by atoms with Crippen molar-refractivity contribution >= 4 is 56.3 Å². The monoisotopic (exact) mass is 386 g/mol. The minimum Gasteiger partial charge on any atom is -0.389 e. The molecule has 3 N–H and O–H groups in total. The van der Waals surface area contributed by atoms with Crippen LogP contribution >= 0.6 is 39.7 Å². The molecule has 0 aliphatic heterocycles. The summed E-state index contributed by atoms with van der Waals surface area (Å²) >= 11 is 13.9. The third kappa shape index (κ3) is 3.78.